The maximum atomic E-state index is 12.2. The fourth-order valence-corrected chi connectivity index (χ4v) is 2.97. The summed E-state index contributed by atoms with van der Waals surface area (Å²) in [5, 5.41) is 41.9. The fraction of sp³-hybridized carbons (Fsp3) is 0.333. The molecular weight excluding hydrogens is 370 g/mol. The van der Waals surface area contributed by atoms with E-state index in [9.17, 15) is 48.9 Å². The third-order valence-corrected chi connectivity index (χ3v) is 4.76. The molecule has 0 N–H and O–H groups in total. The number of sulfonamides is 1. The van der Waals surface area contributed by atoms with Crippen LogP contribution in [0.4, 0.5) is 0 Å². The molecule has 25 heavy (non-hydrogen) atoms. The molecule has 0 radical (unpaired) electrons. The number of nitro groups is 4. The zero-order valence-corrected chi connectivity index (χ0v) is 12.8. The molecule has 0 spiro atoms. The van der Waals surface area contributed by atoms with Gasteiger partial charge in [0.1, 0.15) is 6.54 Å². The van der Waals surface area contributed by atoms with Crippen molar-refractivity contribution in [2.24, 2.45) is 0 Å². The Morgan fingerprint density at radius 1 is 0.880 bits per heavy atom. The van der Waals surface area contributed by atoms with Crippen LogP contribution in [0.5, 0.6) is 0 Å². The van der Waals surface area contributed by atoms with Gasteiger partial charge in [0.2, 0.25) is 0 Å². The van der Waals surface area contributed by atoms with E-state index in [1.807, 2.05) is 0 Å². The van der Waals surface area contributed by atoms with E-state index in [0.717, 1.165) is 12.1 Å². The summed E-state index contributed by atoms with van der Waals surface area (Å²) < 4.78 is 23.8. The minimum Gasteiger partial charge on any atom is -0.253 e. The van der Waals surface area contributed by atoms with Gasteiger partial charge in [0.05, 0.1) is 4.90 Å². The van der Waals surface area contributed by atoms with Crippen molar-refractivity contribution < 1.29 is 28.2 Å². The average molecular weight is 379 g/mol. The summed E-state index contributed by atoms with van der Waals surface area (Å²) in [5.74, 6) is -4.01. The Morgan fingerprint density at radius 2 is 1.32 bits per heavy atom. The SMILES string of the molecule is O=[N+]([O-])N(CCC([N+](=O)[O-])([N+](=O)[O-])[N+](=O)[O-])S(=O)(=O)c1ccccc1. The van der Waals surface area contributed by atoms with Crippen molar-refractivity contribution >= 4 is 10.0 Å². The van der Waals surface area contributed by atoms with Crippen LogP contribution in [0.25, 0.3) is 0 Å². The summed E-state index contributed by atoms with van der Waals surface area (Å²) in [6.45, 7) is -1.47. The van der Waals surface area contributed by atoms with Gasteiger partial charge in [-0.15, -0.1) is 0 Å². The van der Waals surface area contributed by atoms with Crippen molar-refractivity contribution in [3.63, 3.8) is 0 Å². The molecule has 136 valence electrons. The van der Waals surface area contributed by atoms with Gasteiger partial charge in [-0.25, -0.2) is 10.1 Å². The lowest BCUT2D eigenvalue weighted by Crippen LogP contribution is -2.55. The molecule has 0 aromatic heterocycles. The van der Waals surface area contributed by atoms with Crippen molar-refractivity contribution in [2.75, 3.05) is 6.54 Å². The lowest BCUT2D eigenvalue weighted by molar-refractivity contribution is -0.970. The lowest BCUT2D eigenvalue weighted by Gasteiger charge is -2.15. The molecular formula is C9H9N5O10S. The predicted molar refractivity (Wildman–Crippen MR) is 75.7 cm³/mol. The topological polar surface area (TPSA) is 210 Å². The first-order chi connectivity index (χ1) is 11.5. The molecule has 0 fully saturated rings. The van der Waals surface area contributed by atoms with Crippen molar-refractivity contribution in [1.29, 1.82) is 0 Å². The molecule has 0 saturated carbocycles. The summed E-state index contributed by atoms with van der Waals surface area (Å²) >= 11 is 0. The highest BCUT2D eigenvalue weighted by Crippen LogP contribution is 2.21. The summed E-state index contributed by atoms with van der Waals surface area (Å²) in [6, 6.07) is 5.84. The molecule has 0 unspecified atom stereocenters. The van der Waals surface area contributed by atoms with Crippen LogP contribution >= 0.6 is 0 Å². The van der Waals surface area contributed by atoms with Crippen LogP contribution in [0, 0.1) is 40.5 Å². The van der Waals surface area contributed by atoms with E-state index in [0.29, 0.717) is 0 Å². The van der Waals surface area contributed by atoms with Crippen molar-refractivity contribution in [3.8, 4) is 0 Å². The highest BCUT2D eigenvalue weighted by atomic mass is 32.2. The Kier molecular flexibility index (Phi) is 5.49. The summed E-state index contributed by atoms with van der Waals surface area (Å²) in [4.78, 5) is 37.3. The first kappa shape index (κ1) is 19.6. The van der Waals surface area contributed by atoms with Gasteiger partial charge in [-0.1, -0.05) is 18.2 Å². The molecule has 0 heterocycles. The minimum atomic E-state index is -4.83. The highest BCUT2D eigenvalue weighted by Gasteiger charge is 2.70. The number of nitrogens with zero attached hydrogens (tertiary/aromatic N) is 5. The van der Waals surface area contributed by atoms with E-state index in [2.05, 4.69) is 0 Å². The number of hydrogen-bond donors (Lipinski definition) is 0. The largest absolute Gasteiger partial charge is 0.701 e. The predicted octanol–water partition coefficient (Wildman–Crippen LogP) is -0.257. The Hall–Kier alpha value is -3.43. The number of hydrazine groups is 1. The van der Waals surface area contributed by atoms with Crippen molar-refractivity contribution in [1.82, 2.24) is 4.41 Å². The van der Waals surface area contributed by atoms with Gasteiger partial charge >= 0.3 is 15.8 Å². The summed E-state index contributed by atoms with van der Waals surface area (Å²) in [7, 11) is -4.83. The van der Waals surface area contributed by atoms with E-state index in [4.69, 9.17) is 0 Å². The zero-order chi connectivity index (χ0) is 19.4. The van der Waals surface area contributed by atoms with Gasteiger partial charge in [0.15, 0.2) is 26.2 Å². The Labute approximate surface area is 138 Å². The second-order valence-corrected chi connectivity index (χ2v) is 6.24. The van der Waals surface area contributed by atoms with Crippen LogP contribution < -0.4 is 0 Å². The number of rotatable bonds is 9. The molecule has 0 aliphatic carbocycles. The van der Waals surface area contributed by atoms with E-state index >= 15 is 0 Å². The molecule has 0 aliphatic rings. The number of benzene rings is 1. The first-order valence-electron chi connectivity index (χ1n) is 6.13. The van der Waals surface area contributed by atoms with Crippen LogP contribution in [0.1, 0.15) is 6.42 Å². The smallest absolute Gasteiger partial charge is 0.253 e. The van der Waals surface area contributed by atoms with E-state index in [1.54, 1.807) is 0 Å². The monoisotopic (exact) mass is 379 g/mol. The van der Waals surface area contributed by atoms with Gasteiger partial charge in [0.25, 0.3) is 0 Å². The highest BCUT2D eigenvalue weighted by molar-refractivity contribution is 7.89. The average Bonchev–Trinajstić information content (AvgIpc) is 2.50. The quantitative estimate of drug-likeness (QED) is 0.311. The van der Waals surface area contributed by atoms with Crippen LogP contribution in [0.2, 0.25) is 0 Å². The zero-order valence-electron chi connectivity index (χ0n) is 12.0. The molecule has 15 nitrogen and oxygen atoms in total. The van der Waals surface area contributed by atoms with E-state index < -0.39 is 57.9 Å². The lowest BCUT2D eigenvalue weighted by atomic mass is 10.2. The molecule has 1 rings (SSSR count). The van der Waals surface area contributed by atoms with Gasteiger partial charge in [-0.2, -0.15) is 8.42 Å². The molecule has 1 aromatic rings. The Morgan fingerprint density at radius 3 is 1.68 bits per heavy atom. The van der Waals surface area contributed by atoms with E-state index in [-0.39, 0.29) is 0 Å². The normalized spacial score (nSPS) is 11.5. The molecule has 0 amide bonds. The van der Waals surface area contributed by atoms with Crippen LogP contribution in [-0.4, -0.2) is 45.0 Å². The van der Waals surface area contributed by atoms with Gasteiger partial charge in [0, 0.05) is 0 Å². The fourth-order valence-electron chi connectivity index (χ4n) is 1.72. The molecule has 0 aliphatic heterocycles. The first-order valence-corrected chi connectivity index (χ1v) is 7.57. The van der Waals surface area contributed by atoms with Crippen LogP contribution in [-0.2, 0) is 10.0 Å². The van der Waals surface area contributed by atoms with Gasteiger partial charge in [-0.05, 0) is 16.5 Å². The molecule has 0 bridgehead atoms. The standard InChI is InChI=1S/C9H9N5O10S/c15-11(16)9(12(17)18,13(19)20)6-7-10(14(21)22)25(23,24)8-4-2-1-3-5-8/h1-5H,6-7H2. The molecule has 16 heteroatoms. The van der Waals surface area contributed by atoms with Crippen LogP contribution in [0.3, 0.4) is 0 Å². The Bertz CT molecular complexity index is 773. The second kappa shape index (κ2) is 6.99. The van der Waals surface area contributed by atoms with Crippen molar-refractivity contribution in [3.05, 3.63) is 70.8 Å². The summed E-state index contributed by atoms with van der Waals surface area (Å²) in [6.07, 6.45) is -1.66. The van der Waals surface area contributed by atoms with Gasteiger partial charge in [-0.3, -0.25) is 30.3 Å². The number of hydrogen-bond acceptors (Lipinski definition) is 10. The van der Waals surface area contributed by atoms with E-state index in [1.165, 1.54) is 18.2 Å². The molecule has 1 aromatic carbocycles. The molecule has 0 saturated heterocycles. The third-order valence-electron chi connectivity index (χ3n) is 3.02. The summed E-state index contributed by atoms with van der Waals surface area (Å²) in [5.41, 5.74) is 0. The Balaban J connectivity index is 3.27. The van der Waals surface area contributed by atoms with Crippen molar-refractivity contribution in [2.45, 2.75) is 17.1 Å². The minimum absolute atomic E-state index is 0.520. The molecule has 0 atom stereocenters. The maximum absolute atomic E-state index is 12.2. The maximum Gasteiger partial charge on any atom is 0.701 e. The van der Waals surface area contributed by atoms with Crippen LogP contribution in [0.15, 0.2) is 35.2 Å². The van der Waals surface area contributed by atoms with Gasteiger partial charge < -0.3 is 0 Å². The third kappa shape index (κ3) is 3.57. The second-order valence-electron chi connectivity index (χ2n) is 4.40.